The topological polar surface area (TPSA) is 70.7 Å². The number of hydrogen-bond acceptors (Lipinski definition) is 3. The Labute approximate surface area is 184 Å². The molecule has 1 heterocycles. The van der Waals surface area contributed by atoms with Gasteiger partial charge in [-0.15, -0.1) is 0 Å². The quantitative estimate of drug-likeness (QED) is 0.702. The van der Waals surface area contributed by atoms with E-state index in [-0.39, 0.29) is 19.0 Å². The zero-order valence-electron chi connectivity index (χ0n) is 17.2. The molecule has 2 aromatic rings. The minimum Gasteiger partial charge on any atom is -0.497 e. The molecule has 1 fully saturated rings. The van der Waals surface area contributed by atoms with Crippen LogP contribution in [0.3, 0.4) is 0 Å². The zero-order valence-corrected chi connectivity index (χ0v) is 18.0. The Morgan fingerprint density at radius 1 is 1.13 bits per heavy atom. The van der Waals surface area contributed by atoms with Crippen molar-refractivity contribution < 1.29 is 23.1 Å². The molecule has 1 aliphatic rings. The van der Waals surface area contributed by atoms with Crippen LogP contribution in [0.4, 0.5) is 19.3 Å². The Balaban J connectivity index is 1.78. The minimum absolute atomic E-state index is 0.0208. The SMILES string of the molecule is COc1ccc([C@H]2CCN(C(=O)C(C)(F)F)C[C@@H]2NC(=O)Nc2ccc(Cl)cc2)cc1. The third kappa shape index (κ3) is 5.85. The van der Waals surface area contributed by atoms with Crippen LogP contribution in [0.25, 0.3) is 0 Å². The van der Waals surface area contributed by atoms with Crippen LogP contribution in [-0.4, -0.2) is 49.0 Å². The van der Waals surface area contributed by atoms with E-state index in [0.717, 1.165) is 10.5 Å². The van der Waals surface area contributed by atoms with Crippen LogP contribution in [0.2, 0.25) is 5.02 Å². The number of anilines is 1. The summed E-state index contributed by atoms with van der Waals surface area (Å²) in [5, 5.41) is 6.08. The van der Waals surface area contributed by atoms with Crippen molar-refractivity contribution in [2.24, 2.45) is 0 Å². The monoisotopic (exact) mass is 451 g/mol. The molecule has 2 N–H and O–H groups in total. The molecule has 31 heavy (non-hydrogen) atoms. The van der Waals surface area contributed by atoms with E-state index in [9.17, 15) is 18.4 Å². The zero-order chi connectivity index (χ0) is 22.6. The summed E-state index contributed by atoms with van der Waals surface area (Å²) >= 11 is 5.86. The second-order valence-corrected chi connectivity index (χ2v) is 7.96. The summed E-state index contributed by atoms with van der Waals surface area (Å²) < 4.78 is 32.4. The van der Waals surface area contributed by atoms with Gasteiger partial charge in [0.25, 0.3) is 5.91 Å². The lowest BCUT2D eigenvalue weighted by Gasteiger charge is -2.40. The molecule has 1 saturated heterocycles. The van der Waals surface area contributed by atoms with Crippen molar-refractivity contribution in [2.75, 3.05) is 25.5 Å². The molecule has 166 valence electrons. The maximum atomic E-state index is 13.6. The number of piperidine rings is 1. The van der Waals surface area contributed by atoms with Gasteiger partial charge in [-0.1, -0.05) is 23.7 Å². The number of benzene rings is 2. The van der Waals surface area contributed by atoms with E-state index in [2.05, 4.69) is 10.6 Å². The van der Waals surface area contributed by atoms with Crippen LogP contribution >= 0.6 is 11.6 Å². The van der Waals surface area contributed by atoms with Crippen LogP contribution < -0.4 is 15.4 Å². The van der Waals surface area contributed by atoms with Crippen LogP contribution in [0, 0.1) is 0 Å². The molecule has 0 aliphatic carbocycles. The van der Waals surface area contributed by atoms with Crippen molar-refractivity contribution in [2.45, 2.75) is 31.2 Å². The van der Waals surface area contributed by atoms with Crippen LogP contribution in [0.5, 0.6) is 5.75 Å². The highest BCUT2D eigenvalue weighted by molar-refractivity contribution is 6.30. The maximum Gasteiger partial charge on any atom is 0.322 e. The number of likely N-dealkylation sites (tertiary alicyclic amines) is 1. The van der Waals surface area contributed by atoms with Crippen LogP contribution in [-0.2, 0) is 4.79 Å². The van der Waals surface area contributed by atoms with Crippen molar-refractivity contribution in [1.29, 1.82) is 0 Å². The number of ether oxygens (including phenoxy) is 1. The van der Waals surface area contributed by atoms with Crippen LogP contribution in [0.1, 0.15) is 24.8 Å². The number of hydrogen-bond donors (Lipinski definition) is 2. The van der Waals surface area contributed by atoms with Crippen LogP contribution in [0.15, 0.2) is 48.5 Å². The van der Waals surface area contributed by atoms with E-state index >= 15 is 0 Å². The third-order valence-corrected chi connectivity index (χ3v) is 5.49. The van der Waals surface area contributed by atoms with Crippen molar-refractivity contribution in [3.05, 3.63) is 59.1 Å². The van der Waals surface area contributed by atoms with Crippen molar-refractivity contribution in [3.8, 4) is 5.75 Å². The van der Waals surface area contributed by atoms with Gasteiger partial charge in [-0.2, -0.15) is 8.78 Å². The van der Waals surface area contributed by atoms with Crippen molar-refractivity contribution in [3.63, 3.8) is 0 Å². The van der Waals surface area contributed by atoms with Gasteiger partial charge in [-0.3, -0.25) is 4.79 Å². The number of carbonyl (C=O) groups excluding carboxylic acids is 2. The normalized spacial score (nSPS) is 18.9. The summed E-state index contributed by atoms with van der Waals surface area (Å²) in [5.74, 6) is -4.18. The van der Waals surface area contributed by atoms with E-state index in [1.54, 1.807) is 43.5 Å². The number of amides is 3. The summed E-state index contributed by atoms with van der Waals surface area (Å²) in [6.07, 6.45) is 0.431. The number of halogens is 3. The van der Waals surface area contributed by atoms with E-state index in [1.807, 2.05) is 12.1 Å². The molecule has 3 rings (SSSR count). The smallest absolute Gasteiger partial charge is 0.322 e. The number of nitrogens with one attached hydrogen (secondary N) is 2. The van der Waals surface area contributed by atoms with Gasteiger partial charge in [0, 0.05) is 36.6 Å². The van der Waals surface area contributed by atoms with E-state index < -0.39 is 23.9 Å². The molecule has 9 heteroatoms. The van der Waals surface area contributed by atoms with Gasteiger partial charge >= 0.3 is 12.0 Å². The average Bonchev–Trinajstić information content (AvgIpc) is 2.74. The van der Waals surface area contributed by atoms with Gasteiger partial charge in [0.1, 0.15) is 5.75 Å². The van der Waals surface area contributed by atoms with Gasteiger partial charge in [-0.25, -0.2) is 4.79 Å². The van der Waals surface area contributed by atoms with Gasteiger partial charge in [0.15, 0.2) is 0 Å². The maximum absolute atomic E-state index is 13.6. The number of nitrogens with zero attached hydrogens (tertiary/aromatic N) is 1. The predicted molar refractivity (Wildman–Crippen MR) is 115 cm³/mol. The summed E-state index contributed by atoms with van der Waals surface area (Å²) in [5.41, 5.74) is 1.46. The first-order valence-electron chi connectivity index (χ1n) is 9.81. The summed E-state index contributed by atoms with van der Waals surface area (Å²) in [7, 11) is 1.56. The molecular formula is C22H24ClF2N3O3. The fraction of sp³-hybridized carbons (Fsp3) is 0.364. The average molecular weight is 452 g/mol. The Bertz CT molecular complexity index is 917. The fourth-order valence-corrected chi connectivity index (χ4v) is 3.81. The molecule has 2 aromatic carbocycles. The first-order chi connectivity index (χ1) is 14.7. The number of urea groups is 1. The number of carbonyl (C=O) groups is 2. The molecule has 2 atom stereocenters. The lowest BCUT2D eigenvalue weighted by Crippen LogP contribution is -2.56. The van der Waals surface area contributed by atoms with Gasteiger partial charge in [0.05, 0.1) is 13.2 Å². The van der Waals surface area contributed by atoms with Gasteiger partial charge in [-0.05, 0) is 48.4 Å². The first kappa shape index (κ1) is 22.8. The Hall–Kier alpha value is -2.87. The summed E-state index contributed by atoms with van der Waals surface area (Å²) in [4.78, 5) is 25.8. The molecule has 0 unspecified atom stereocenters. The molecule has 1 aliphatic heterocycles. The van der Waals surface area contributed by atoms with Crippen molar-refractivity contribution in [1.82, 2.24) is 10.2 Å². The third-order valence-electron chi connectivity index (χ3n) is 5.24. The summed E-state index contributed by atoms with van der Waals surface area (Å²) in [6, 6.07) is 12.9. The largest absolute Gasteiger partial charge is 0.497 e. The van der Waals surface area contributed by atoms with E-state index in [0.29, 0.717) is 29.8 Å². The Kier molecular flexibility index (Phi) is 7.00. The number of alkyl halides is 2. The van der Waals surface area contributed by atoms with Gasteiger partial charge < -0.3 is 20.3 Å². The Morgan fingerprint density at radius 3 is 2.35 bits per heavy atom. The van der Waals surface area contributed by atoms with Gasteiger partial charge in [0.2, 0.25) is 0 Å². The minimum atomic E-state index is -3.47. The fourth-order valence-electron chi connectivity index (χ4n) is 3.68. The molecule has 0 spiro atoms. The van der Waals surface area contributed by atoms with Crippen molar-refractivity contribution >= 4 is 29.2 Å². The molecule has 0 saturated carbocycles. The highest BCUT2D eigenvalue weighted by Gasteiger charge is 2.41. The molecule has 0 radical (unpaired) electrons. The predicted octanol–water partition coefficient (Wildman–Crippen LogP) is 4.51. The number of rotatable bonds is 5. The summed E-state index contributed by atoms with van der Waals surface area (Å²) in [6.45, 7) is 0.740. The lowest BCUT2D eigenvalue weighted by molar-refractivity contribution is -0.156. The second kappa shape index (κ2) is 9.51. The molecule has 0 bridgehead atoms. The molecule has 0 aromatic heterocycles. The second-order valence-electron chi connectivity index (χ2n) is 7.52. The first-order valence-corrected chi connectivity index (χ1v) is 10.2. The highest BCUT2D eigenvalue weighted by atomic mass is 35.5. The number of methoxy groups -OCH3 is 1. The molecule has 6 nitrogen and oxygen atoms in total. The van der Waals surface area contributed by atoms with E-state index in [1.165, 1.54) is 0 Å². The Morgan fingerprint density at radius 2 is 1.77 bits per heavy atom. The van der Waals surface area contributed by atoms with E-state index in [4.69, 9.17) is 16.3 Å². The highest BCUT2D eigenvalue weighted by Crippen LogP contribution is 2.31. The lowest BCUT2D eigenvalue weighted by atomic mass is 9.85. The standard InChI is InChI=1S/C22H24ClF2N3O3/c1-22(24,25)20(29)28-12-11-18(14-3-9-17(31-2)10-4-14)19(13-28)27-21(30)26-16-7-5-15(23)6-8-16/h3-10,18-19H,11-13H2,1-2H3,(H2,26,27,30)/t18-,19+/m1/s1. The molecular weight excluding hydrogens is 428 g/mol. The molecule has 3 amide bonds.